The molecule has 1 atom stereocenters. The Kier molecular flexibility index (Phi) is 10.4. The van der Waals surface area contributed by atoms with Gasteiger partial charge in [0.1, 0.15) is 24.0 Å². The average molecular weight is 535 g/mol. The number of carbonyl (C=O) groups is 2. The van der Waals surface area contributed by atoms with Gasteiger partial charge in [-0.1, -0.05) is 37.3 Å². The van der Waals surface area contributed by atoms with E-state index in [2.05, 4.69) is 5.32 Å². The lowest BCUT2D eigenvalue weighted by Gasteiger charge is -2.33. The monoisotopic (exact) mass is 534 g/mol. The van der Waals surface area contributed by atoms with Crippen molar-refractivity contribution in [1.29, 1.82) is 0 Å². The predicted molar refractivity (Wildman–Crippen MR) is 141 cm³/mol. The van der Waals surface area contributed by atoms with E-state index in [1.165, 1.54) is 24.1 Å². The van der Waals surface area contributed by atoms with E-state index in [0.717, 1.165) is 22.2 Å². The van der Waals surface area contributed by atoms with E-state index in [1.54, 1.807) is 20.8 Å². The summed E-state index contributed by atoms with van der Waals surface area (Å²) in [4.78, 5) is 38.7. The summed E-state index contributed by atoms with van der Waals surface area (Å²) in [6, 6.07) is 11.9. The highest BCUT2D eigenvalue weighted by Gasteiger charge is 2.33. The molecule has 0 saturated heterocycles. The van der Waals surface area contributed by atoms with Crippen molar-refractivity contribution >= 4 is 33.2 Å². The number of sulfonamides is 1. The molecule has 2 rings (SSSR count). The van der Waals surface area contributed by atoms with Gasteiger partial charge in [0.25, 0.3) is 5.69 Å². The van der Waals surface area contributed by atoms with Crippen molar-refractivity contribution in [2.75, 3.05) is 30.8 Å². The Bertz CT molecular complexity index is 1200. The first-order chi connectivity index (χ1) is 17.4. The second-order valence-corrected chi connectivity index (χ2v) is 10.7. The van der Waals surface area contributed by atoms with Crippen molar-refractivity contribution < 1.29 is 27.7 Å². The number of non-ortho nitro benzene ring substituents is 1. The van der Waals surface area contributed by atoms with E-state index < -0.39 is 33.4 Å². The Hall–Kier alpha value is -3.67. The normalized spacial score (nSPS) is 12.1. The number of nitrogens with zero attached hydrogens (tertiary/aromatic N) is 3. The summed E-state index contributed by atoms with van der Waals surface area (Å²) in [5.41, 5.74) is 0.440. The van der Waals surface area contributed by atoms with Gasteiger partial charge in [0.2, 0.25) is 21.8 Å². The molecule has 0 bridgehead atoms. The van der Waals surface area contributed by atoms with Gasteiger partial charge in [0.05, 0.1) is 18.3 Å². The lowest BCUT2D eigenvalue weighted by Crippen LogP contribution is -2.54. The second kappa shape index (κ2) is 13.0. The number of anilines is 1. The van der Waals surface area contributed by atoms with Crippen molar-refractivity contribution in [3.63, 3.8) is 0 Å². The minimum Gasteiger partial charge on any atom is -0.495 e. The van der Waals surface area contributed by atoms with Crippen LogP contribution in [-0.4, -0.2) is 68.6 Å². The molecular weight excluding hydrogens is 500 g/mol. The molecule has 0 spiro atoms. The van der Waals surface area contributed by atoms with E-state index >= 15 is 0 Å². The van der Waals surface area contributed by atoms with Crippen molar-refractivity contribution in [3.05, 3.63) is 64.2 Å². The average Bonchev–Trinajstić information content (AvgIpc) is 2.83. The maximum absolute atomic E-state index is 13.7. The molecule has 11 nitrogen and oxygen atoms in total. The van der Waals surface area contributed by atoms with E-state index in [4.69, 9.17) is 4.74 Å². The second-order valence-electron chi connectivity index (χ2n) is 8.79. The third-order valence-electron chi connectivity index (χ3n) is 5.62. The van der Waals surface area contributed by atoms with Gasteiger partial charge in [-0.25, -0.2) is 8.42 Å². The zero-order valence-corrected chi connectivity index (χ0v) is 22.5. The number of carbonyl (C=O) groups excluding carboxylic acids is 2. The molecule has 12 heteroatoms. The van der Waals surface area contributed by atoms with Crippen LogP contribution in [0.1, 0.15) is 32.8 Å². The van der Waals surface area contributed by atoms with Gasteiger partial charge >= 0.3 is 0 Å². The van der Waals surface area contributed by atoms with Crippen molar-refractivity contribution in [1.82, 2.24) is 10.2 Å². The first-order valence-corrected chi connectivity index (χ1v) is 13.7. The molecule has 1 N–H and O–H groups in total. The molecule has 0 aliphatic rings. The van der Waals surface area contributed by atoms with Gasteiger partial charge in [-0.3, -0.25) is 24.0 Å². The Labute approximate surface area is 217 Å². The van der Waals surface area contributed by atoms with Crippen LogP contribution in [0.4, 0.5) is 11.4 Å². The van der Waals surface area contributed by atoms with Crippen LogP contribution >= 0.6 is 0 Å². The van der Waals surface area contributed by atoms with Gasteiger partial charge in [0, 0.05) is 24.7 Å². The minimum absolute atomic E-state index is 0.0456. The summed E-state index contributed by atoms with van der Waals surface area (Å²) in [5.74, 6) is -0.928. The molecule has 0 aromatic heterocycles. The summed E-state index contributed by atoms with van der Waals surface area (Å²) >= 11 is 0. The number of nitrogens with one attached hydrogen (secondary N) is 1. The number of methoxy groups -OCH3 is 1. The van der Waals surface area contributed by atoms with Gasteiger partial charge in [-0.2, -0.15) is 0 Å². The Balaban J connectivity index is 2.49. The van der Waals surface area contributed by atoms with E-state index in [-0.39, 0.29) is 35.6 Å². The lowest BCUT2D eigenvalue weighted by molar-refractivity contribution is -0.384. The molecule has 0 radical (unpaired) electrons. The highest BCUT2D eigenvalue weighted by molar-refractivity contribution is 7.92. The van der Waals surface area contributed by atoms with E-state index in [1.807, 2.05) is 30.3 Å². The van der Waals surface area contributed by atoms with Crippen LogP contribution in [0.25, 0.3) is 0 Å². The van der Waals surface area contributed by atoms with Crippen LogP contribution in [-0.2, 0) is 26.0 Å². The van der Waals surface area contributed by atoms with Gasteiger partial charge < -0.3 is 15.0 Å². The van der Waals surface area contributed by atoms with Crippen molar-refractivity contribution in [2.45, 2.75) is 45.7 Å². The fourth-order valence-corrected chi connectivity index (χ4v) is 4.70. The first-order valence-electron chi connectivity index (χ1n) is 11.8. The number of ether oxygens (including phenoxy) is 1. The summed E-state index contributed by atoms with van der Waals surface area (Å²) < 4.78 is 31.6. The quantitative estimate of drug-likeness (QED) is 0.308. The molecule has 2 aromatic rings. The SMILES string of the molecule is CCC(C(=O)NC(C)C)N(CCc1ccccc1)C(=O)CN(c1cc([N+](=O)[O-])ccc1OC)S(C)(=O)=O. The molecule has 2 amide bonds. The highest BCUT2D eigenvalue weighted by Crippen LogP contribution is 2.33. The molecule has 0 fully saturated rings. The first kappa shape index (κ1) is 29.6. The maximum atomic E-state index is 13.7. The summed E-state index contributed by atoms with van der Waals surface area (Å²) in [5, 5.41) is 14.2. The van der Waals surface area contributed by atoms with Crippen molar-refractivity contribution in [3.8, 4) is 5.75 Å². The Morgan fingerprint density at radius 2 is 1.78 bits per heavy atom. The summed E-state index contributed by atoms with van der Waals surface area (Å²) in [6.45, 7) is 4.87. The standard InChI is InChI=1S/C25H34N4O7S/c1-6-21(25(31)26-18(2)3)27(15-14-19-10-8-7-9-11-19)24(30)17-28(37(5,34)35)22-16-20(29(32)33)12-13-23(22)36-4/h7-13,16,18,21H,6,14-15,17H2,1-5H3,(H,26,31). The number of hydrogen-bond acceptors (Lipinski definition) is 7. The maximum Gasteiger partial charge on any atom is 0.271 e. The molecule has 0 aliphatic carbocycles. The van der Waals surface area contributed by atoms with Gasteiger partial charge in [-0.15, -0.1) is 0 Å². The third kappa shape index (κ3) is 8.17. The van der Waals surface area contributed by atoms with Crippen LogP contribution < -0.4 is 14.4 Å². The Morgan fingerprint density at radius 1 is 1.14 bits per heavy atom. The fourth-order valence-electron chi connectivity index (χ4n) is 3.86. The molecular formula is C25H34N4O7S. The van der Waals surface area contributed by atoms with Crippen LogP contribution in [0.15, 0.2) is 48.5 Å². The van der Waals surface area contributed by atoms with Gasteiger partial charge in [-0.05, 0) is 38.3 Å². The van der Waals surface area contributed by atoms with E-state index in [0.29, 0.717) is 12.8 Å². The van der Waals surface area contributed by atoms with Gasteiger partial charge in [0.15, 0.2) is 0 Å². The lowest BCUT2D eigenvalue weighted by atomic mass is 10.1. The van der Waals surface area contributed by atoms with E-state index in [9.17, 15) is 28.1 Å². The molecule has 2 aromatic carbocycles. The largest absolute Gasteiger partial charge is 0.495 e. The number of amides is 2. The zero-order valence-electron chi connectivity index (χ0n) is 21.7. The summed E-state index contributed by atoms with van der Waals surface area (Å²) in [6.07, 6.45) is 1.64. The van der Waals surface area contributed by atoms with Crippen molar-refractivity contribution in [2.24, 2.45) is 0 Å². The molecule has 37 heavy (non-hydrogen) atoms. The van der Waals surface area contributed by atoms with Crippen LogP contribution in [0, 0.1) is 10.1 Å². The predicted octanol–water partition coefficient (Wildman–Crippen LogP) is 2.74. The molecule has 1 unspecified atom stereocenters. The number of hydrogen-bond donors (Lipinski definition) is 1. The van der Waals surface area contributed by atoms with Crippen LogP contribution in [0.3, 0.4) is 0 Å². The topological polar surface area (TPSA) is 139 Å². The fraction of sp³-hybridized carbons (Fsp3) is 0.440. The summed E-state index contributed by atoms with van der Waals surface area (Å²) in [7, 11) is -2.78. The molecule has 202 valence electrons. The highest BCUT2D eigenvalue weighted by atomic mass is 32.2. The van der Waals surface area contributed by atoms with Crippen LogP contribution in [0.5, 0.6) is 5.75 Å². The number of nitro benzene ring substituents is 1. The number of rotatable bonds is 13. The molecule has 0 saturated carbocycles. The smallest absolute Gasteiger partial charge is 0.271 e. The van der Waals surface area contributed by atoms with Crippen LogP contribution in [0.2, 0.25) is 0 Å². The number of benzene rings is 2. The Morgan fingerprint density at radius 3 is 2.30 bits per heavy atom. The molecule has 0 heterocycles. The molecule has 0 aliphatic heterocycles. The number of nitro groups is 1. The zero-order chi connectivity index (χ0) is 27.8. The third-order valence-corrected chi connectivity index (χ3v) is 6.75. The minimum atomic E-state index is -4.08.